The number of rotatable bonds is 6. The molecule has 0 radical (unpaired) electrons. The molecule has 0 unspecified atom stereocenters. The summed E-state index contributed by atoms with van der Waals surface area (Å²) in [5.41, 5.74) is -0.439. The minimum atomic E-state index is -4.70. The fourth-order valence-corrected chi connectivity index (χ4v) is 4.17. The molecule has 0 aliphatic heterocycles. The Hall–Kier alpha value is -3.11. The Morgan fingerprint density at radius 3 is 2.49 bits per heavy atom. The molecule has 1 N–H and O–H groups in total. The fourth-order valence-electron chi connectivity index (χ4n) is 4.02. The van der Waals surface area contributed by atoms with E-state index >= 15 is 0 Å². The van der Waals surface area contributed by atoms with Gasteiger partial charge in [-0.3, -0.25) is 4.79 Å². The standard InChI is InChI=1S/C28H19ClF3NO5.Ca/c1-15-11-18-23(14-21(15)29)38-27(37)19(26(18)17-6-4-5-16(12-17)9-10-25(35)36)13-24(34)33-22-8-3-2-7-20(22)28(30,31)32;/h2-12,14H,13H2,1H3,(H,33,34)(H,35,36);/q;+2/p-1/b10-9+;. The summed E-state index contributed by atoms with van der Waals surface area (Å²) in [5.74, 6) is -2.27. The van der Waals surface area contributed by atoms with Crippen molar-refractivity contribution < 1.29 is 32.3 Å². The minimum absolute atomic E-state index is 0. The monoisotopic (exact) mass is 580 g/mol. The molecule has 0 saturated carbocycles. The third kappa shape index (κ3) is 7.10. The van der Waals surface area contributed by atoms with Gasteiger partial charge in [0.1, 0.15) is 5.58 Å². The predicted octanol–water partition coefficient (Wildman–Crippen LogP) is 5.00. The van der Waals surface area contributed by atoms with E-state index in [1.165, 1.54) is 24.3 Å². The first-order chi connectivity index (χ1) is 17.9. The molecule has 4 rings (SSSR count). The summed E-state index contributed by atoms with van der Waals surface area (Å²) in [6.07, 6.45) is -3.16. The topological polar surface area (TPSA) is 99.4 Å². The molecular weight excluding hydrogens is 563 g/mol. The number of benzene rings is 3. The van der Waals surface area contributed by atoms with Crippen LogP contribution in [0.15, 0.2) is 76.0 Å². The smallest absolute Gasteiger partial charge is 0.545 e. The summed E-state index contributed by atoms with van der Waals surface area (Å²) in [6, 6.07) is 14.1. The second kappa shape index (κ2) is 12.4. The van der Waals surface area contributed by atoms with Crippen LogP contribution in [0.2, 0.25) is 5.02 Å². The van der Waals surface area contributed by atoms with E-state index in [9.17, 15) is 32.7 Å². The molecule has 4 aromatic rings. The largest absolute Gasteiger partial charge is 2.00 e. The number of carboxylic acid groups (broad SMARTS) is 1. The molecule has 6 nitrogen and oxygen atoms in total. The molecule has 11 heteroatoms. The van der Waals surface area contributed by atoms with Crippen molar-refractivity contribution in [2.45, 2.75) is 19.5 Å². The molecule has 0 spiro atoms. The van der Waals surface area contributed by atoms with Crippen LogP contribution in [0.25, 0.3) is 28.2 Å². The quantitative estimate of drug-likeness (QED) is 0.196. The Balaban J connectivity index is 0.00000420. The van der Waals surface area contributed by atoms with E-state index in [0.717, 1.165) is 18.2 Å². The van der Waals surface area contributed by atoms with Gasteiger partial charge in [0.15, 0.2) is 0 Å². The molecule has 0 atom stereocenters. The summed E-state index contributed by atoms with van der Waals surface area (Å²) >= 11 is 6.21. The molecule has 39 heavy (non-hydrogen) atoms. The number of alkyl halides is 3. The molecule has 1 amide bonds. The number of carbonyl (C=O) groups excluding carboxylic acids is 2. The van der Waals surface area contributed by atoms with Crippen LogP contribution in [0.3, 0.4) is 0 Å². The Bertz CT molecular complexity index is 1660. The van der Waals surface area contributed by atoms with E-state index in [2.05, 4.69) is 5.32 Å². The second-order valence-corrected chi connectivity index (χ2v) is 8.79. The number of carboxylic acids is 1. The minimum Gasteiger partial charge on any atom is -0.545 e. The van der Waals surface area contributed by atoms with Gasteiger partial charge in [-0.15, -0.1) is 0 Å². The fraction of sp³-hybridized carbons (Fsp3) is 0.107. The molecule has 0 aliphatic carbocycles. The Morgan fingerprint density at radius 2 is 1.79 bits per heavy atom. The van der Waals surface area contributed by atoms with Crippen LogP contribution < -0.4 is 16.0 Å². The average molecular weight is 581 g/mol. The third-order valence-electron chi connectivity index (χ3n) is 5.71. The average Bonchev–Trinajstić information content (AvgIpc) is 2.84. The maximum atomic E-state index is 13.4. The van der Waals surface area contributed by atoms with Crippen molar-refractivity contribution in [3.8, 4) is 11.1 Å². The number of nitrogens with one attached hydrogen (secondary N) is 1. The van der Waals surface area contributed by atoms with Gasteiger partial charge in [0.2, 0.25) is 5.91 Å². The summed E-state index contributed by atoms with van der Waals surface area (Å²) in [7, 11) is 0. The van der Waals surface area contributed by atoms with E-state index in [-0.39, 0.29) is 48.9 Å². The van der Waals surface area contributed by atoms with Gasteiger partial charge in [0.05, 0.1) is 29.2 Å². The number of aryl methyl sites for hydroxylation is 1. The van der Waals surface area contributed by atoms with E-state index in [1.54, 1.807) is 37.3 Å². The number of aliphatic carboxylic acids is 1. The number of carbonyl (C=O) groups is 2. The van der Waals surface area contributed by atoms with Gasteiger partial charge in [0.25, 0.3) is 0 Å². The van der Waals surface area contributed by atoms with Crippen LogP contribution in [0.1, 0.15) is 22.3 Å². The van der Waals surface area contributed by atoms with Gasteiger partial charge in [0, 0.05) is 22.0 Å². The first kappa shape index (κ1) is 30.4. The summed E-state index contributed by atoms with van der Waals surface area (Å²) < 4.78 is 45.6. The van der Waals surface area contributed by atoms with Crippen molar-refractivity contribution in [3.63, 3.8) is 0 Å². The third-order valence-corrected chi connectivity index (χ3v) is 6.12. The summed E-state index contributed by atoms with van der Waals surface area (Å²) in [4.78, 5) is 36.9. The summed E-state index contributed by atoms with van der Waals surface area (Å²) in [5, 5.41) is 13.9. The van der Waals surface area contributed by atoms with Crippen molar-refractivity contribution in [1.29, 1.82) is 0 Å². The van der Waals surface area contributed by atoms with Crippen LogP contribution in [-0.2, 0) is 22.2 Å². The summed E-state index contributed by atoms with van der Waals surface area (Å²) in [6.45, 7) is 1.73. The number of hydrogen-bond acceptors (Lipinski definition) is 5. The van der Waals surface area contributed by atoms with E-state index in [1.807, 2.05) is 0 Å². The van der Waals surface area contributed by atoms with Crippen LogP contribution in [-0.4, -0.2) is 49.6 Å². The second-order valence-electron chi connectivity index (χ2n) is 8.39. The number of amides is 1. The molecular formula is C28H18CaClF3NO5+. The SMILES string of the molecule is Cc1cc2c(-c3cccc(/C=C/C(=O)[O-])c3)c(CC(=O)Nc3ccccc3C(F)(F)F)c(=O)oc2cc1Cl.[Ca+2]. The molecule has 0 saturated heterocycles. The first-order valence-electron chi connectivity index (χ1n) is 11.2. The van der Waals surface area contributed by atoms with Crippen molar-refractivity contribution in [2.75, 3.05) is 5.32 Å². The van der Waals surface area contributed by atoms with Crippen molar-refractivity contribution >= 4 is 83.9 Å². The molecule has 1 heterocycles. The van der Waals surface area contributed by atoms with Gasteiger partial charge in [-0.1, -0.05) is 48.0 Å². The number of para-hydroxylation sites is 1. The van der Waals surface area contributed by atoms with Crippen LogP contribution in [0.5, 0.6) is 0 Å². The Kier molecular flexibility index (Phi) is 9.66. The molecule has 1 aromatic heterocycles. The van der Waals surface area contributed by atoms with Crippen LogP contribution >= 0.6 is 11.6 Å². The zero-order valence-corrected chi connectivity index (χ0v) is 23.4. The maximum absolute atomic E-state index is 13.4. The van der Waals surface area contributed by atoms with Gasteiger partial charge < -0.3 is 19.6 Å². The number of halogens is 4. The van der Waals surface area contributed by atoms with Gasteiger partial charge >= 0.3 is 49.5 Å². The maximum Gasteiger partial charge on any atom is 2.00 e. The first-order valence-corrected chi connectivity index (χ1v) is 11.5. The normalized spacial score (nSPS) is 11.4. The predicted molar refractivity (Wildman–Crippen MR) is 141 cm³/mol. The molecule has 0 aliphatic rings. The molecule has 194 valence electrons. The van der Waals surface area contributed by atoms with Gasteiger partial charge in [-0.05, 0) is 54.0 Å². The van der Waals surface area contributed by atoms with Gasteiger partial charge in [-0.25, -0.2) is 4.79 Å². The van der Waals surface area contributed by atoms with Crippen molar-refractivity contribution in [2.24, 2.45) is 0 Å². The van der Waals surface area contributed by atoms with Crippen molar-refractivity contribution in [3.05, 3.63) is 104 Å². The van der Waals surface area contributed by atoms with Crippen molar-refractivity contribution in [1.82, 2.24) is 0 Å². The van der Waals surface area contributed by atoms with Crippen LogP contribution in [0, 0.1) is 6.92 Å². The molecule has 0 bridgehead atoms. The number of fused-ring (bicyclic) bond motifs is 1. The zero-order valence-electron chi connectivity index (χ0n) is 20.4. The van der Waals surface area contributed by atoms with E-state index in [4.69, 9.17) is 16.0 Å². The number of hydrogen-bond donors (Lipinski definition) is 1. The Labute approximate surface area is 255 Å². The van der Waals surface area contributed by atoms with E-state index < -0.39 is 41.4 Å². The number of anilines is 1. The van der Waals surface area contributed by atoms with Crippen LogP contribution in [0.4, 0.5) is 18.9 Å². The van der Waals surface area contributed by atoms with E-state index in [0.29, 0.717) is 32.7 Å². The van der Waals surface area contributed by atoms with Gasteiger partial charge in [-0.2, -0.15) is 13.2 Å². The Morgan fingerprint density at radius 1 is 1.08 bits per heavy atom. The molecule has 0 fully saturated rings. The molecule has 3 aromatic carbocycles. The zero-order chi connectivity index (χ0) is 27.6.